The van der Waals surface area contributed by atoms with E-state index in [-0.39, 0.29) is 39.2 Å². The van der Waals surface area contributed by atoms with Crippen molar-refractivity contribution in [3.63, 3.8) is 0 Å². The number of nitro benzene ring substituents is 2. The summed E-state index contributed by atoms with van der Waals surface area (Å²) < 4.78 is 44.1. The number of carbonyl (C=O) groups is 4. The molecule has 15 heteroatoms. The Labute approximate surface area is 284 Å². The van der Waals surface area contributed by atoms with Crippen molar-refractivity contribution in [3.8, 4) is 22.3 Å². The standard InChI is InChI=1S/C36H19F3N4O8/c1-18-14-31(41-33(45)26-13-7-22(16-28(26)35(41)47)20-4-10-24(11-5-20)43(50)51)29(36(37,38)39)17-30(18)40-32(44)25-12-6-21(15-27(25)34(40)46)19-2-8-23(9-3-19)42(48)49/h2-17H,1H3. The average molecular weight is 693 g/mol. The molecule has 0 aliphatic carbocycles. The molecule has 0 aromatic heterocycles. The second-order valence-electron chi connectivity index (χ2n) is 11.7. The molecule has 0 bridgehead atoms. The van der Waals surface area contributed by atoms with E-state index in [2.05, 4.69) is 0 Å². The molecule has 0 saturated carbocycles. The van der Waals surface area contributed by atoms with Crippen LogP contribution in [0.5, 0.6) is 0 Å². The van der Waals surface area contributed by atoms with Gasteiger partial charge in [0.15, 0.2) is 0 Å². The van der Waals surface area contributed by atoms with Gasteiger partial charge in [-0.3, -0.25) is 39.4 Å². The molecule has 12 nitrogen and oxygen atoms in total. The summed E-state index contributed by atoms with van der Waals surface area (Å²) in [5.41, 5.74) is -1.79. The van der Waals surface area contributed by atoms with E-state index in [1.165, 1.54) is 91.9 Å². The lowest BCUT2D eigenvalue weighted by molar-refractivity contribution is -0.385. The number of hydrogen-bond donors (Lipinski definition) is 0. The summed E-state index contributed by atoms with van der Waals surface area (Å²) in [5, 5.41) is 22.1. The van der Waals surface area contributed by atoms with Crippen LogP contribution >= 0.6 is 0 Å². The highest BCUT2D eigenvalue weighted by atomic mass is 19.4. The van der Waals surface area contributed by atoms with E-state index in [1.807, 2.05) is 0 Å². The van der Waals surface area contributed by atoms with Crippen LogP contribution in [-0.2, 0) is 6.18 Å². The van der Waals surface area contributed by atoms with Gasteiger partial charge in [0.05, 0.1) is 49.0 Å². The normalized spacial score (nSPS) is 13.9. The van der Waals surface area contributed by atoms with Crippen LogP contribution in [0.2, 0.25) is 0 Å². The number of amides is 4. The minimum absolute atomic E-state index is 0.0220. The summed E-state index contributed by atoms with van der Waals surface area (Å²) in [4.78, 5) is 76.1. The highest BCUT2D eigenvalue weighted by Crippen LogP contribution is 2.45. The largest absolute Gasteiger partial charge is 0.418 e. The number of hydrogen-bond acceptors (Lipinski definition) is 8. The first-order valence-corrected chi connectivity index (χ1v) is 14.9. The molecule has 0 atom stereocenters. The Balaban J connectivity index is 1.25. The van der Waals surface area contributed by atoms with Crippen LogP contribution in [0.25, 0.3) is 22.3 Å². The molecule has 5 aromatic rings. The number of fused-ring (bicyclic) bond motifs is 2. The third-order valence-electron chi connectivity index (χ3n) is 8.70. The highest BCUT2D eigenvalue weighted by Gasteiger charge is 2.45. The number of nitro groups is 2. The number of non-ortho nitro benzene ring substituents is 2. The van der Waals surface area contributed by atoms with Crippen molar-refractivity contribution >= 4 is 46.4 Å². The Morgan fingerprint density at radius 3 is 1.27 bits per heavy atom. The summed E-state index contributed by atoms with van der Waals surface area (Å²) in [6, 6.07) is 20.5. The van der Waals surface area contributed by atoms with E-state index in [1.54, 1.807) is 0 Å². The topological polar surface area (TPSA) is 161 Å². The molecule has 0 saturated heterocycles. The second-order valence-corrected chi connectivity index (χ2v) is 11.7. The van der Waals surface area contributed by atoms with Gasteiger partial charge in [0, 0.05) is 24.3 Å². The van der Waals surface area contributed by atoms with Gasteiger partial charge in [-0.05, 0) is 95.4 Å². The smallest absolute Gasteiger partial charge is 0.268 e. The van der Waals surface area contributed by atoms with Crippen molar-refractivity contribution in [1.29, 1.82) is 0 Å². The fraction of sp³-hybridized carbons (Fsp3) is 0.0556. The number of halogens is 3. The molecule has 0 N–H and O–H groups in total. The van der Waals surface area contributed by atoms with Gasteiger partial charge in [0.1, 0.15) is 0 Å². The van der Waals surface area contributed by atoms with Crippen LogP contribution in [0.4, 0.5) is 35.9 Å². The number of alkyl halides is 3. The molecular weight excluding hydrogens is 673 g/mol. The second kappa shape index (κ2) is 11.5. The predicted molar refractivity (Wildman–Crippen MR) is 176 cm³/mol. The lowest BCUT2D eigenvalue weighted by Crippen LogP contribution is -2.33. The Hall–Kier alpha value is -7.03. The van der Waals surface area contributed by atoms with Gasteiger partial charge in [-0.25, -0.2) is 9.80 Å². The molecule has 2 aliphatic heterocycles. The Morgan fingerprint density at radius 1 is 0.510 bits per heavy atom. The van der Waals surface area contributed by atoms with E-state index >= 15 is 0 Å². The van der Waals surface area contributed by atoms with Gasteiger partial charge in [-0.2, -0.15) is 13.2 Å². The van der Waals surface area contributed by atoms with Gasteiger partial charge in [0.2, 0.25) is 0 Å². The number of aryl methyl sites for hydroxylation is 1. The molecule has 2 aliphatic rings. The zero-order valence-electron chi connectivity index (χ0n) is 25.9. The molecule has 252 valence electrons. The maximum atomic E-state index is 14.7. The van der Waals surface area contributed by atoms with E-state index in [0.717, 1.165) is 6.07 Å². The lowest BCUT2D eigenvalue weighted by atomic mass is 10.00. The zero-order chi connectivity index (χ0) is 36.5. The maximum absolute atomic E-state index is 14.7. The quantitative estimate of drug-likeness (QED) is 0.0991. The minimum Gasteiger partial charge on any atom is -0.268 e. The SMILES string of the molecule is Cc1cc(N2C(=O)c3ccc(-c4ccc([N+](=O)[O-])cc4)cc3C2=O)c(C(F)(F)F)cc1N1C(=O)c2ccc(-c3ccc([N+](=O)[O-])cc3)cc2C1=O. The van der Waals surface area contributed by atoms with E-state index in [9.17, 15) is 52.6 Å². The Morgan fingerprint density at radius 2 is 0.882 bits per heavy atom. The van der Waals surface area contributed by atoms with Gasteiger partial charge < -0.3 is 0 Å². The molecule has 4 amide bonds. The molecule has 7 rings (SSSR count). The van der Waals surface area contributed by atoms with Crippen molar-refractivity contribution in [2.75, 3.05) is 9.80 Å². The summed E-state index contributed by atoms with van der Waals surface area (Å²) in [6.07, 6.45) is -5.15. The molecule has 0 spiro atoms. The number of nitrogens with zero attached hydrogens (tertiary/aromatic N) is 4. The summed E-state index contributed by atoms with van der Waals surface area (Å²) >= 11 is 0. The van der Waals surface area contributed by atoms with Gasteiger partial charge in [-0.1, -0.05) is 12.1 Å². The molecule has 0 fully saturated rings. The zero-order valence-corrected chi connectivity index (χ0v) is 25.9. The van der Waals surface area contributed by atoms with Crippen molar-refractivity contribution in [2.24, 2.45) is 0 Å². The number of carbonyl (C=O) groups excluding carboxylic acids is 4. The van der Waals surface area contributed by atoms with E-state index < -0.39 is 56.6 Å². The fourth-order valence-corrected chi connectivity index (χ4v) is 6.16. The average Bonchev–Trinajstić information content (AvgIpc) is 3.50. The van der Waals surface area contributed by atoms with Crippen molar-refractivity contribution in [3.05, 3.63) is 151 Å². The van der Waals surface area contributed by atoms with Crippen LogP contribution in [0.15, 0.2) is 97.1 Å². The number of rotatable bonds is 6. The number of imide groups is 2. The number of anilines is 2. The predicted octanol–water partition coefficient (Wildman–Crippen LogP) is 7.77. The van der Waals surface area contributed by atoms with Crippen molar-refractivity contribution in [1.82, 2.24) is 0 Å². The highest BCUT2D eigenvalue weighted by molar-refractivity contribution is 6.36. The van der Waals surface area contributed by atoms with E-state index in [4.69, 9.17) is 0 Å². The van der Waals surface area contributed by atoms with E-state index in [0.29, 0.717) is 38.1 Å². The van der Waals surface area contributed by atoms with Gasteiger partial charge >= 0.3 is 6.18 Å². The molecule has 5 aromatic carbocycles. The first-order valence-electron chi connectivity index (χ1n) is 14.9. The number of benzene rings is 5. The first-order chi connectivity index (χ1) is 24.1. The van der Waals surface area contributed by atoms with Gasteiger partial charge in [-0.15, -0.1) is 0 Å². The third kappa shape index (κ3) is 5.27. The van der Waals surface area contributed by atoms with Crippen LogP contribution in [0.1, 0.15) is 52.6 Å². The summed E-state index contributed by atoms with van der Waals surface area (Å²) in [5.74, 6) is -3.88. The maximum Gasteiger partial charge on any atom is 0.418 e. The van der Waals surface area contributed by atoms with Crippen LogP contribution in [-0.4, -0.2) is 33.5 Å². The van der Waals surface area contributed by atoms with Gasteiger partial charge in [0.25, 0.3) is 35.0 Å². The summed E-state index contributed by atoms with van der Waals surface area (Å²) in [7, 11) is 0. The monoisotopic (exact) mass is 692 g/mol. The molecule has 0 radical (unpaired) electrons. The Bertz CT molecular complexity index is 2410. The fourth-order valence-electron chi connectivity index (χ4n) is 6.16. The van der Waals surface area contributed by atoms with Crippen LogP contribution in [0.3, 0.4) is 0 Å². The van der Waals surface area contributed by atoms with Crippen LogP contribution in [0, 0.1) is 27.2 Å². The first kappa shape index (κ1) is 32.5. The van der Waals surface area contributed by atoms with Crippen LogP contribution < -0.4 is 9.80 Å². The third-order valence-corrected chi connectivity index (χ3v) is 8.70. The minimum atomic E-state index is -5.15. The molecule has 0 unspecified atom stereocenters. The Kier molecular flexibility index (Phi) is 7.36. The molecular formula is C36H19F3N4O8. The lowest BCUT2D eigenvalue weighted by Gasteiger charge is -2.24. The van der Waals surface area contributed by atoms with Crippen molar-refractivity contribution < 1.29 is 42.2 Å². The van der Waals surface area contributed by atoms with Crippen molar-refractivity contribution in [2.45, 2.75) is 13.1 Å². The summed E-state index contributed by atoms with van der Waals surface area (Å²) in [6.45, 7) is 1.33. The molecule has 51 heavy (non-hydrogen) atoms. The molecule has 2 heterocycles.